The Morgan fingerprint density at radius 2 is 1.29 bits per heavy atom. The van der Waals surface area contributed by atoms with Crippen LogP contribution in [0.5, 0.6) is 0 Å². The van der Waals surface area contributed by atoms with Gasteiger partial charge in [-0.1, -0.05) is 36.6 Å². The van der Waals surface area contributed by atoms with Gasteiger partial charge in [0, 0.05) is 0 Å². The van der Waals surface area contributed by atoms with E-state index in [-0.39, 0.29) is 15.6 Å². The lowest BCUT2D eigenvalue weighted by Gasteiger charge is -1.97. The van der Waals surface area contributed by atoms with E-state index in [0.717, 1.165) is 0 Å². The first-order valence-corrected chi connectivity index (χ1v) is 5.80. The molecule has 0 unspecified atom stereocenters. The van der Waals surface area contributed by atoms with Crippen molar-refractivity contribution >= 4 is 14.1 Å². The zero-order valence-electron chi connectivity index (χ0n) is 6.70. The van der Waals surface area contributed by atoms with Crippen LogP contribution in [0.25, 0.3) is 0 Å². The van der Waals surface area contributed by atoms with E-state index in [1.807, 2.05) is 0 Å². The molecule has 0 aromatic heterocycles. The Morgan fingerprint density at radius 3 is 1.29 bits per heavy atom. The van der Waals surface area contributed by atoms with E-state index in [2.05, 4.69) is 20.8 Å². The van der Waals surface area contributed by atoms with Crippen molar-refractivity contribution in [1.29, 1.82) is 0 Å². The van der Waals surface area contributed by atoms with E-state index in [1.54, 1.807) is 0 Å². The predicted octanol–water partition coefficient (Wildman–Crippen LogP) is 2.65. The van der Waals surface area contributed by atoms with Gasteiger partial charge in [-0.15, -0.1) is 0 Å². The van der Waals surface area contributed by atoms with Crippen LogP contribution in [0.15, 0.2) is 0 Å². The van der Waals surface area contributed by atoms with Crippen molar-refractivity contribution in [2.75, 3.05) is 0 Å². The van der Waals surface area contributed by atoms with Crippen LogP contribution in [-0.2, 0) is 0 Å². The van der Waals surface area contributed by atoms with Crippen LogP contribution >= 0.6 is 0 Å². The van der Waals surface area contributed by atoms with Gasteiger partial charge in [-0.25, -0.2) is 0 Å². The first-order chi connectivity index (χ1) is 3.35. The topological polar surface area (TPSA) is 0 Å². The van der Waals surface area contributed by atoms with Crippen molar-refractivity contribution in [1.82, 2.24) is 0 Å². The van der Waals surface area contributed by atoms with Crippen molar-refractivity contribution in [3.63, 3.8) is 0 Å². The minimum atomic E-state index is -0.171. The Labute approximate surface area is 52.8 Å². The van der Waals surface area contributed by atoms with Gasteiger partial charge in [-0.2, -0.15) is 0 Å². The van der Waals surface area contributed by atoms with Crippen LogP contribution in [-0.4, -0.2) is 14.1 Å². The van der Waals surface area contributed by atoms with Crippen molar-refractivity contribution in [3.05, 3.63) is 0 Å². The van der Waals surface area contributed by atoms with Crippen LogP contribution in [0, 0.1) is 0 Å². The van der Waals surface area contributed by atoms with E-state index in [0.29, 0.717) is 0 Å². The van der Waals surface area contributed by atoms with E-state index in [1.165, 1.54) is 15.8 Å². The van der Waals surface area contributed by atoms with Gasteiger partial charge in [0.15, 0.2) is 0 Å². The lowest BCUT2D eigenvalue weighted by molar-refractivity contribution is 1.24. The summed E-state index contributed by atoms with van der Waals surface area (Å²) in [6.07, 6.45) is 0. The number of hydrogen-bond donors (Lipinski definition) is 0. The fourth-order valence-electron chi connectivity index (χ4n) is 0.866. The van der Waals surface area contributed by atoms with E-state index >= 15 is 0 Å². The van der Waals surface area contributed by atoms with E-state index in [4.69, 9.17) is 0 Å². The summed E-state index contributed by atoms with van der Waals surface area (Å²) in [6, 6.07) is 0. The minimum absolute atomic E-state index is 0. The quantitative estimate of drug-likeness (QED) is 0.496. The average molecular weight is 115 g/mol. The Hall–Kier alpha value is 0.532. The number of rotatable bonds is 3. The summed E-state index contributed by atoms with van der Waals surface area (Å²) in [4.78, 5) is 0. The molecular formula is C6H16Al+. The molecule has 7 heavy (non-hydrogen) atoms. The third kappa shape index (κ3) is 3.14. The summed E-state index contributed by atoms with van der Waals surface area (Å²) in [6.45, 7) is 6.97. The second kappa shape index (κ2) is 4.69. The van der Waals surface area contributed by atoms with Crippen molar-refractivity contribution < 1.29 is 1.43 Å². The predicted molar refractivity (Wildman–Crippen MR) is 38.3 cm³/mol. The van der Waals surface area contributed by atoms with E-state index < -0.39 is 0 Å². The highest BCUT2D eigenvalue weighted by Gasteiger charge is 2.05. The van der Waals surface area contributed by atoms with Crippen LogP contribution in [0.4, 0.5) is 0 Å². The molecule has 0 radical (unpaired) electrons. The molecule has 0 aliphatic rings. The van der Waals surface area contributed by atoms with Crippen molar-refractivity contribution in [3.8, 4) is 0 Å². The Bertz CT molecular complexity index is 30.0. The van der Waals surface area contributed by atoms with Crippen LogP contribution in [0.3, 0.4) is 0 Å². The lowest BCUT2D eigenvalue weighted by Crippen LogP contribution is -2.04. The van der Waals surface area contributed by atoms with Crippen LogP contribution in [0.2, 0.25) is 15.8 Å². The highest BCUT2D eigenvalue weighted by atomic mass is 27.2. The Kier molecular flexibility index (Phi) is 5.04. The Morgan fingerprint density at radius 1 is 1.00 bits per heavy atom. The smallest absolute Gasteiger partial charge is 0.0967 e. The molecule has 0 aliphatic carbocycles. The highest BCUT2D eigenvalue weighted by molar-refractivity contribution is 6.58. The largest absolute Gasteiger partial charge is 1.00 e. The SMILES string of the molecule is C[CH2][Al]([CH2]C)[CH2]C.[H+]. The summed E-state index contributed by atoms with van der Waals surface area (Å²) in [5, 5.41) is 4.48. The molecule has 0 heterocycles. The molecule has 0 spiro atoms. The Balaban J connectivity index is 0. The summed E-state index contributed by atoms with van der Waals surface area (Å²) >= 11 is -0.171. The molecule has 0 atom stereocenters. The second-order valence-corrected chi connectivity index (χ2v) is 6.27. The maximum Gasteiger partial charge on any atom is 1.00 e. The van der Waals surface area contributed by atoms with Gasteiger partial charge < -0.3 is 0 Å². The second-order valence-electron chi connectivity index (χ2n) is 2.09. The fourth-order valence-corrected chi connectivity index (χ4v) is 2.60. The van der Waals surface area contributed by atoms with E-state index in [9.17, 15) is 0 Å². The monoisotopic (exact) mass is 115 g/mol. The lowest BCUT2D eigenvalue weighted by atomic mass is 10.9. The van der Waals surface area contributed by atoms with Crippen molar-refractivity contribution in [2.45, 2.75) is 36.6 Å². The number of hydrogen-bond acceptors (Lipinski definition) is 0. The standard InChI is InChI=1S/3C2H5.Al/c3*1-2;/h3*1H2,2H3;/p+1. The molecule has 0 aliphatic heterocycles. The van der Waals surface area contributed by atoms with Crippen LogP contribution < -0.4 is 0 Å². The molecule has 0 amide bonds. The first-order valence-electron chi connectivity index (χ1n) is 3.35. The maximum atomic E-state index is 2.32. The summed E-state index contributed by atoms with van der Waals surface area (Å²) < 4.78 is 0. The van der Waals surface area contributed by atoms with Crippen molar-refractivity contribution in [2.24, 2.45) is 0 Å². The molecule has 1 heteroatoms. The van der Waals surface area contributed by atoms with Gasteiger partial charge in [-0.3, -0.25) is 0 Å². The van der Waals surface area contributed by atoms with Gasteiger partial charge in [0.25, 0.3) is 14.1 Å². The molecule has 0 bridgehead atoms. The molecule has 0 saturated heterocycles. The normalized spacial score (nSPS) is 9.00. The van der Waals surface area contributed by atoms with Crippen LogP contribution in [0.1, 0.15) is 22.2 Å². The zero-order chi connectivity index (χ0) is 5.70. The summed E-state index contributed by atoms with van der Waals surface area (Å²) in [7, 11) is 0. The van der Waals surface area contributed by atoms with Gasteiger partial charge in [-0.05, 0) is 0 Å². The highest BCUT2D eigenvalue weighted by Crippen LogP contribution is 2.01. The third-order valence-electron chi connectivity index (χ3n) is 1.73. The van der Waals surface area contributed by atoms with Gasteiger partial charge in [0.05, 0.1) is 0 Å². The fraction of sp³-hybridized carbons (Fsp3) is 1.00. The molecule has 0 rings (SSSR count). The maximum absolute atomic E-state index is 2.32. The molecule has 0 fully saturated rings. The molecule has 0 aromatic rings. The molecular weight excluding hydrogens is 99.0 g/mol. The summed E-state index contributed by atoms with van der Waals surface area (Å²) in [5.74, 6) is 0. The van der Waals surface area contributed by atoms with Gasteiger partial charge >= 0.3 is 1.43 Å². The molecule has 42 valence electrons. The molecule has 0 aromatic carbocycles. The average Bonchev–Trinajstić information content (AvgIpc) is 1.72. The minimum Gasteiger partial charge on any atom is -0.0967 e. The first kappa shape index (κ1) is 7.53. The molecule has 0 saturated carbocycles. The van der Waals surface area contributed by atoms with Gasteiger partial charge in [0.2, 0.25) is 0 Å². The molecule has 0 N–H and O–H groups in total. The van der Waals surface area contributed by atoms with Gasteiger partial charge in [0.1, 0.15) is 0 Å². The third-order valence-corrected chi connectivity index (χ3v) is 5.20. The molecule has 0 nitrogen and oxygen atoms in total. The summed E-state index contributed by atoms with van der Waals surface area (Å²) in [5.41, 5.74) is 0. The zero-order valence-corrected chi connectivity index (χ0v) is 6.85.